The van der Waals surface area contributed by atoms with Gasteiger partial charge in [0.2, 0.25) is 5.95 Å². The topological polar surface area (TPSA) is 127 Å². The van der Waals surface area contributed by atoms with Crippen molar-refractivity contribution in [3.63, 3.8) is 0 Å². The zero-order valence-corrected chi connectivity index (χ0v) is 18.3. The Bertz CT molecular complexity index is 1540. The van der Waals surface area contributed by atoms with Gasteiger partial charge in [0.15, 0.2) is 11.6 Å². The van der Waals surface area contributed by atoms with Crippen LogP contribution in [0.3, 0.4) is 0 Å². The number of rotatable bonds is 2. The van der Waals surface area contributed by atoms with E-state index in [0.717, 1.165) is 17.5 Å². The lowest BCUT2D eigenvalue weighted by molar-refractivity contribution is 0.135. The highest BCUT2D eigenvalue weighted by molar-refractivity contribution is 7.23. The SMILES string of the molecule is N#Cc1c(N)sc2c(F)cnc(-c3c4c(c5cnc(N6C[C@@H](F)[C@@H](N)C6)nc5c3F)COC4)c12. The molecule has 4 aromatic rings. The number of halogens is 3. The van der Waals surface area contributed by atoms with Crippen LogP contribution in [0, 0.1) is 23.0 Å². The summed E-state index contributed by atoms with van der Waals surface area (Å²) >= 11 is 0.908. The molecule has 5 heterocycles. The Morgan fingerprint density at radius 1 is 1.18 bits per heavy atom. The molecule has 0 spiro atoms. The number of hydrogen-bond acceptors (Lipinski definition) is 9. The summed E-state index contributed by atoms with van der Waals surface area (Å²) in [4.78, 5) is 14.5. The minimum absolute atomic E-state index is 0.00103. The van der Waals surface area contributed by atoms with Gasteiger partial charge in [0, 0.05) is 29.1 Å². The summed E-state index contributed by atoms with van der Waals surface area (Å²) in [6.45, 7) is 0.514. The van der Waals surface area contributed by atoms with Gasteiger partial charge < -0.3 is 21.1 Å². The monoisotopic (exact) mass is 483 g/mol. The molecule has 2 atom stereocenters. The third-order valence-corrected chi connectivity index (χ3v) is 7.33. The van der Waals surface area contributed by atoms with Crippen molar-refractivity contribution in [1.29, 1.82) is 5.26 Å². The molecule has 172 valence electrons. The fraction of sp³-hybridized carbons (Fsp3) is 0.273. The van der Waals surface area contributed by atoms with Crippen LogP contribution in [0.1, 0.15) is 16.7 Å². The Kier molecular flexibility index (Phi) is 4.63. The van der Waals surface area contributed by atoms with Crippen LogP contribution in [-0.2, 0) is 18.0 Å². The number of nitriles is 1. The van der Waals surface area contributed by atoms with E-state index in [9.17, 15) is 14.0 Å². The second-order valence-corrected chi connectivity index (χ2v) is 9.32. The van der Waals surface area contributed by atoms with Crippen LogP contribution >= 0.6 is 11.3 Å². The number of benzene rings is 1. The van der Waals surface area contributed by atoms with Gasteiger partial charge >= 0.3 is 0 Å². The van der Waals surface area contributed by atoms with Crippen molar-refractivity contribution in [1.82, 2.24) is 15.0 Å². The molecule has 8 nitrogen and oxygen atoms in total. The molecule has 4 N–H and O–H groups in total. The highest BCUT2D eigenvalue weighted by Gasteiger charge is 2.33. The predicted octanol–water partition coefficient (Wildman–Crippen LogP) is 3.15. The number of nitrogen functional groups attached to an aromatic ring is 1. The van der Waals surface area contributed by atoms with E-state index >= 15 is 4.39 Å². The number of pyridine rings is 1. The molecule has 0 radical (unpaired) electrons. The van der Waals surface area contributed by atoms with Crippen LogP contribution in [0.15, 0.2) is 12.4 Å². The maximum absolute atomic E-state index is 16.2. The van der Waals surface area contributed by atoms with E-state index in [1.54, 1.807) is 4.90 Å². The van der Waals surface area contributed by atoms with Crippen molar-refractivity contribution < 1.29 is 17.9 Å². The first-order chi connectivity index (χ1) is 16.4. The second-order valence-electron chi connectivity index (χ2n) is 8.27. The van der Waals surface area contributed by atoms with Gasteiger partial charge in [-0.2, -0.15) is 5.26 Å². The minimum Gasteiger partial charge on any atom is -0.389 e. The molecule has 12 heteroatoms. The molecule has 0 amide bonds. The quantitative estimate of drug-likeness (QED) is 0.445. The lowest BCUT2D eigenvalue weighted by atomic mass is 9.94. The van der Waals surface area contributed by atoms with E-state index in [2.05, 4.69) is 15.0 Å². The molecule has 2 aliphatic rings. The zero-order valence-electron chi connectivity index (χ0n) is 17.5. The van der Waals surface area contributed by atoms with Gasteiger partial charge in [0.1, 0.15) is 22.8 Å². The Labute approximate surface area is 194 Å². The van der Waals surface area contributed by atoms with Gasteiger partial charge in [-0.3, -0.25) is 4.98 Å². The normalized spacial score (nSPS) is 19.8. The first-order valence-electron chi connectivity index (χ1n) is 10.4. The predicted molar refractivity (Wildman–Crippen MR) is 121 cm³/mol. The third kappa shape index (κ3) is 2.87. The molecular weight excluding hydrogens is 467 g/mol. The Balaban J connectivity index is 1.65. The average molecular weight is 483 g/mol. The average Bonchev–Trinajstić information content (AvgIpc) is 3.52. The minimum atomic E-state index is -1.24. The Hall–Kier alpha value is -3.53. The smallest absolute Gasteiger partial charge is 0.226 e. The maximum atomic E-state index is 16.2. The fourth-order valence-corrected chi connectivity index (χ4v) is 5.56. The summed E-state index contributed by atoms with van der Waals surface area (Å²) in [7, 11) is 0. The standard InChI is InChI=1S/C22H16F3N7OS/c23-12-3-29-19(16-8(1-26)21(28)34-20(12)16)15-11-7-33-6-10(11)9-2-30-22(31-18(9)17(15)25)32-4-13(24)14(27)5-32/h2-3,13-14H,4-7,27-28H2/t13-,14+/m1/s1. The van der Waals surface area contributed by atoms with Gasteiger partial charge in [-0.25, -0.2) is 23.1 Å². The zero-order chi connectivity index (χ0) is 23.7. The fourth-order valence-electron chi connectivity index (χ4n) is 4.64. The molecular formula is C22H16F3N7OS. The van der Waals surface area contributed by atoms with Crippen LogP contribution in [0.25, 0.3) is 32.2 Å². The van der Waals surface area contributed by atoms with E-state index in [-0.39, 0.29) is 69.7 Å². The number of anilines is 2. The summed E-state index contributed by atoms with van der Waals surface area (Å²) in [6.07, 6.45) is 1.24. The molecule has 1 saturated heterocycles. The molecule has 0 aliphatic carbocycles. The number of fused-ring (bicyclic) bond motifs is 4. The second kappa shape index (κ2) is 7.49. The summed E-state index contributed by atoms with van der Waals surface area (Å²) in [5, 5.41) is 10.4. The highest BCUT2D eigenvalue weighted by atomic mass is 32.1. The number of ether oxygens (including phenoxy) is 1. The van der Waals surface area contributed by atoms with Crippen molar-refractivity contribution in [2.75, 3.05) is 23.7 Å². The molecule has 2 aliphatic heterocycles. The van der Waals surface area contributed by atoms with Gasteiger partial charge in [0.25, 0.3) is 0 Å². The summed E-state index contributed by atoms with van der Waals surface area (Å²) in [5.74, 6) is -1.21. The van der Waals surface area contributed by atoms with Gasteiger partial charge in [0.05, 0.1) is 48.0 Å². The van der Waals surface area contributed by atoms with Gasteiger partial charge in [-0.15, -0.1) is 11.3 Å². The molecule has 0 bridgehead atoms. The van der Waals surface area contributed by atoms with E-state index in [1.807, 2.05) is 6.07 Å². The molecule has 1 fully saturated rings. The lowest BCUT2D eigenvalue weighted by Crippen LogP contribution is -2.30. The maximum Gasteiger partial charge on any atom is 0.226 e. The van der Waals surface area contributed by atoms with Crippen LogP contribution in [0.4, 0.5) is 24.1 Å². The number of hydrogen-bond donors (Lipinski definition) is 2. The van der Waals surface area contributed by atoms with Crippen LogP contribution in [0.2, 0.25) is 0 Å². The highest BCUT2D eigenvalue weighted by Crippen LogP contribution is 2.45. The molecule has 3 aromatic heterocycles. The van der Waals surface area contributed by atoms with Crippen molar-refractivity contribution >= 4 is 43.3 Å². The van der Waals surface area contributed by atoms with E-state index < -0.39 is 23.8 Å². The number of thiophene rings is 1. The lowest BCUT2D eigenvalue weighted by Gasteiger charge is -2.17. The van der Waals surface area contributed by atoms with Crippen molar-refractivity contribution in [3.05, 3.63) is 40.7 Å². The molecule has 34 heavy (non-hydrogen) atoms. The van der Waals surface area contributed by atoms with Gasteiger partial charge in [-0.05, 0) is 11.1 Å². The number of nitrogens with two attached hydrogens (primary N) is 2. The van der Waals surface area contributed by atoms with Crippen molar-refractivity contribution in [2.24, 2.45) is 5.73 Å². The van der Waals surface area contributed by atoms with E-state index in [4.69, 9.17) is 16.2 Å². The first kappa shape index (κ1) is 21.0. The molecule has 0 saturated carbocycles. The Morgan fingerprint density at radius 2 is 1.97 bits per heavy atom. The largest absolute Gasteiger partial charge is 0.389 e. The summed E-state index contributed by atoms with van der Waals surface area (Å²) in [5.41, 5.74) is 13.1. The molecule has 6 rings (SSSR count). The van der Waals surface area contributed by atoms with E-state index in [1.165, 1.54) is 6.20 Å². The van der Waals surface area contributed by atoms with Crippen LogP contribution < -0.4 is 16.4 Å². The summed E-state index contributed by atoms with van der Waals surface area (Å²) < 4.78 is 50.4. The van der Waals surface area contributed by atoms with Crippen molar-refractivity contribution in [3.8, 4) is 17.3 Å². The number of nitrogens with zero attached hydrogens (tertiary/aromatic N) is 5. The number of alkyl halides is 1. The van der Waals surface area contributed by atoms with Crippen LogP contribution in [-0.4, -0.2) is 40.3 Å². The van der Waals surface area contributed by atoms with Crippen molar-refractivity contribution in [2.45, 2.75) is 25.4 Å². The Morgan fingerprint density at radius 3 is 2.71 bits per heavy atom. The molecule has 1 aromatic carbocycles. The van der Waals surface area contributed by atoms with Crippen LogP contribution in [0.5, 0.6) is 0 Å². The molecule has 0 unspecified atom stereocenters. The first-order valence-corrected chi connectivity index (χ1v) is 11.2. The third-order valence-electron chi connectivity index (χ3n) is 6.31. The number of aromatic nitrogens is 3. The van der Waals surface area contributed by atoms with Gasteiger partial charge in [-0.1, -0.05) is 0 Å². The van der Waals surface area contributed by atoms with E-state index in [0.29, 0.717) is 16.5 Å². The summed E-state index contributed by atoms with van der Waals surface area (Å²) in [6, 6.07) is 1.30.